The molecule has 0 unspecified atom stereocenters. The molecule has 0 aliphatic rings. The lowest BCUT2D eigenvalue weighted by atomic mass is 10.1. The number of hydrogen-bond acceptors (Lipinski definition) is 4. The number of benzene rings is 1. The second-order valence-corrected chi connectivity index (χ2v) is 5.31. The number of ether oxygens (including phenoxy) is 2. The summed E-state index contributed by atoms with van der Waals surface area (Å²) in [5.74, 6) is 1.39. The maximum absolute atomic E-state index is 5.83. The van der Waals surface area contributed by atoms with Gasteiger partial charge in [0.05, 0.1) is 17.8 Å². The number of methoxy groups -OCH3 is 1. The Hall–Kier alpha value is -1.53. The third kappa shape index (κ3) is 3.52. The minimum Gasteiger partial charge on any atom is -0.493 e. The van der Waals surface area contributed by atoms with E-state index in [1.807, 2.05) is 25.4 Å². The van der Waals surface area contributed by atoms with Crippen LogP contribution in [-0.4, -0.2) is 23.4 Å². The van der Waals surface area contributed by atoms with Crippen molar-refractivity contribution < 1.29 is 9.47 Å². The van der Waals surface area contributed by atoms with E-state index in [9.17, 15) is 0 Å². The molecule has 6 heteroatoms. The van der Waals surface area contributed by atoms with Crippen LogP contribution in [0.2, 0.25) is 0 Å². The van der Waals surface area contributed by atoms with E-state index in [2.05, 4.69) is 21.0 Å². The number of aryl methyl sites for hydroxylation is 1. The molecular weight excluding hydrogens is 322 g/mol. The van der Waals surface area contributed by atoms with Crippen molar-refractivity contribution >= 4 is 15.9 Å². The molecule has 0 spiro atoms. The quantitative estimate of drug-likeness (QED) is 0.876. The molecule has 0 atom stereocenters. The van der Waals surface area contributed by atoms with Crippen molar-refractivity contribution in [1.29, 1.82) is 0 Å². The molecule has 5 nitrogen and oxygen atoms in total. The van der Waals surface area contributed by atoms with Crippen molar-refractivity contribution in [2.24, 2.45) is 12.8 Å². The average molecular weight is 340 g/mol. The van der Waals surface area contributed by atoms with Gasteiger partial charge in [0, 0.05) is 18.8 Å². The van der Waals surface area contributed by atoms with E-state index in [-0.39, 0.29) is 0 Å². The first-order valence-electron chi connectivity index (χ1n) is 6.31. The number of halogens is 1. The fourth-order valence-corrected chi connectivity index (χ4v) is 2.53. The average Bonchev–Trinajstić information content (AvgIpc) is 2.83. The lowest BCUT2D eigenvalue weighted by Gasteiger charge is -2.13. The molecular formula is C14H18BrN3O2. The molecule has 0 radical (unpaired) electrons. The zero-order chi connectivity index (χ0) is 14.5. The fraction of sp³-hybridized carbons (Fsp3) is 0.357. The van der Waals surface area contributed by atoms with Crippen LogP contribution in [0.5, 0.6) is 11.5 Å². The van der Waals surface area contributed by atoms with Gasteiger partial charge in [0.15, 0.2) is 11.5 Å². The number of nitrogens with zero attached hydrogens (tertiary/aromatic N) is 2. The molecule has 0 bridgehead atoms. The van der Waals surface area contributed by atoms with E-state index in [1.165, 1.54) is 0 Å². The van der Waals surface area contributed by atoms with Crippen LogP contribution in [0.4, 0.5) is 0 Å². The van der Waals surface area contributed by atoms with E-state index in [4.69, 9.17) is 15.2 Å². The van der Waals surface area contributed by atoms with Gasteiger partial charge in [0.1, 0.15) is 6.61 Å². The maximum Gasteiger partial charge on any atom is 0.175 e. The van der Waals surface area contributed by atoms with Crippen molar-refractivity contribution in [1.82, 2.24) is 9.78 Å². The minimum atomic E-state index is 0.443. The third-order valence-corrected chi connectivity index (χ3v) is 3.45. The number of hydrogen-bond donors (Lipinski definition) is 1. The van der Waals surface area contributed by atoms with Gasteiger partial charge < -0.3 is 15.2 Å². The Bertz CT molecular complexity index is 584. The van der Waals surface area contributed by atoms with Gasteiger partial charge in [0.25, 0.3) is 0 Å². The maximum atomic E-state index is 5.83. The normalized spacial score (nSPS) is 10.6. The predicted molar refractivity (Wildman–Crippen MR) is 81.0 cm³/mol. The number of rotatable bonds is 6. The second-order valence-electron chi connectivity index (χ2n) is 4.46. The lowest BCUT2D eigenvalue weighted by Crippen LogP contribution is -2.04. The highest BCUT2D eigenvalue weighted by Crippen LogP contribution is 2.37. The van der Waals surface area contributed by atoms with Crippen molar-refractivity contribution in [3.05, 3.63) is 40.1 Å². The van der Waals surface area contributed by atoms with E-state index < -0.39 is 0 Å². The summed E-state index contributed by atoms with van der Waals surface area (Å²) in [5, 5.41) is 4.11. The smallest absolute Gasteiger partial charge is 0.175 e. The second kappa shape index (κ2) is 6.76. The van der Waals surface area contributed by atoms with Crippen LogP contribution >= 0.6 is 15.9 Å². The fourth-order valence-electron chi connectivity index (χ4n) is 1.93. The summed E-state index contributed by atoms with van der Waals surface area (Å²) in [7, 11) is 3.51. The Morgan fingerprint density at radius 2 is 2.15 bits per heavy atom. The summed E-state index contributed by atoms with van der Waals surface area (Å²) in [6.45, 7) is 1.05. The van der Waals surface area contributed by atoms with E-state index in [1.54, 1.807) is 18.0 Å². The highest BCUT2D eigenvalue weighted by molar-refractivity contribution is 9.10. The zero-order valence-electron chi connectivity index (χ0n) is 11.6. The molecule has 1 aromatic carbocycles. The predicted octanol–water partition coefficient (Wildman–Crippen LogP) is 2.27. The largest absolute Gasteiger partial charge is 0.493 e. The Labute approximate surface area is 126 Å². The molecule has 2 aromatic rings. The molecule has 0 saturated heterocycles. The Morgan fingerprint density at radius 1 is 1.35 bits per heavy atom. The SMILES string of the molecule is COc1cc(CCN)cc(Br)c1OCc1cnn(C)c1. The molecule has 2 N–H and O–H groups in total. The van der Waals surface area contributed by atoms with Crippen LogP contribution in [0, 0.1) is 0 Å². The van der Waals surface area contributed by atoms with Crippen LogP contribution in [0.3, 0.4) is 0 Å². The number of nitrogens with two attached hydrogens (primary N) is 1. The van der Waals surface area contributed by atoms with Gasteiger partial charge in [0.2, 0.25) is 0 Å². The van der Waals surface area contributed by atoms with Crippen molar-refractivity contribution in [2.45, 2.75) is 13.0 Å². The monoisotopic (exact) mass is 339 g/mol. The summed E-state index contributed by atoms with van der Waals surface area (Å²) in [4.78, 5) is 0. The number of aromatic nitrogens is 2. The first-order chi connectivity index (χ1) is 9.63. The Morgan fingerprint density at radius 3 is 2.75 bits per heavy atom. The standard InChI is InChI=1S/C14H18BrN3O2/c1-18-8-11(7-17-18)9-20-14-12(15)5-10(3-4-16)6-13(14)19-2/h5-8H,3-4,9,16H2,1-2H3. The summed E-state index contributed by atoms with van der Waals surface area (Å²) in [6.07, 6.45) is 4.50. The molecule has 0 aliphatic carbocycles. The molecule has 2 rings (SSSR count). The van der Waals surface area contributed by atoms with Gasteiger partial charge in [-0.3, -0.25) is 4.68 Å². The highest BCUT2D eigenvalue weighted by Gasteiger charge is 2.12. The molecule has 1 heterocycles. The Kier molecular flexibility index (Phi) is 5.03. The third-order valence-electron chi connectivity index (χ3n) is 2.86. The first kappa shape index (κ1) is 14.9. The van der Waals surface area contributed by atoms with E-state index >= 15 is 0 Å². The summed E-state index contributed by atoms with van der Waals surface area (Å²) in [5.41, 5.74) is 7.70. The molecule has 1 aromatic heterocycles. The summed E-state index contributed by atoms with van der Waals surface area (Å²) < 4.78 is 13.8. The van der Waals surface area contributed by atoms with E-state index in [0.29, 0.717) is 24.7 Å². The van der Waals surface area contributed by atoms with Crippen molar-refractivity contribution in [2.75, 3.05) is 13.7 Å². The summed E-state index contributed by atoms with van der Waals surface area (Å²) in [6, 6.07) is 3.96. The van der Waals surface area contributed by atoms with Crippen molar-refractivity contribution in [3.63, 3.8) is 0 Å². The van der Waals surface area contributed by atoms with Crippen LogP contribution in [0.1, 0.15) is 11.1 Å². The van der Waals surface area contributed by atoms with Crippen LogP contribution in [0.15, 0.2) is 29.0 Å². The lowest BCUT2D eigenvalue weighted by molar-refractivity contribution is 0.282. The summed E-state index contributed by atoms with van der Waals surface area (Å²) >= 11 is 3.52. The molecule has 0 amide bonds. The van der Waals surface area contributed by atoms with Gasteiger partial charge in [-0.15, -0.1) is 0 Å². The molecule has 0 saturated carbocycles. The Balaban J connectivity index is 2.17. The molecule has 108 valence electrons. The van der Waals surface area contributed by atoms with Crippen LogP contribution in [0.25, 0.3) is 0 Å². The van der Waals surface area contributed by atoms with Gasteiger partial charge in [-0.1, -0.05) is 0 Å². The van der Waals surface area contributed by atoms with Gasteiger partial charge in [-0.25, -0.2) is 0 Å². The molecule has 20 heavy (non-hydrogen) atoms. The molecule has 0 aliphatic heterocycles. The van der Waals surface area contributed by atoms with Crippen molar-refractivity contribution in [3.8, 4) is 11.5 Å². The van der Waals surface area contributed by atoms with Crippen LogP contribution in [-0.2, 0) is 20.1 Å². The highest BCUT2D eigenvalue weighted by atomic mass is 79.9. The minimum absolute atomic E-state index is 0.443. The van der Waals surface area contributed by atoms with Gasteiger partial charge >= 0.3 is 0 Å². The topological polar surface area (TPSA) is 62.3 Å². The zero-order valence-corrected chi connectivity index (χ0v) is 13.2. The van der Waals surface area contributed by atoms with Gasteiger partial charge in [-0.2, -0.15) is 5.10 Å². The van der Waals surface area contributed by atoms with E-state index in [0.717, 1.165) is 22.0 Å². The molecule has 0 fully saturated rings. The van der Waals surface area contributed by atoms with Crippen LogP contribution < -0.4 is 15.2 Å². The first-order valence-corrected chi connectivity index (χ1v) is 7.10. The van der Waals surface area contributed by atoms with Gasteiger partial charge in [-0.05, 0) is 46.6 Å².